The molecule has 3 rings (SSSR count). The average Bonchev–Trinajstić information content (AvgIpc) is 2.68. The number of nitrogens with zero attached hydrogens (tertiary/aromatic N) is 2. The van der Waals surface area contributed by atoms with Crippen LogP contribution in [0.25, 0.3) is 10.9 Å². The van der Waals surface area contributed by atoms with Crippen molar-refractivity contribution in [3.63, 3.8) is 0 Å². The van der Waals surface area contributed by atoms with Crippen LogP contribution in [0.5, 0.6) is 0 Å². The molecule has 1 unspecified atom stereocenters. The second-order valence-electron chi connectivity index (χ2n) is 6.36. The minimum atomic E-state index is -0.938. The SMILES string of the molecule is CC(OC(=O)c1cccc(N(C)C)c1)C(=O)Nc1cccc2ncccc12. The highest BCUT2D eigenvalue weighted by atomic mass is 16.5. The minimum Gasteiger partial charge on any atom is -0.449 e. The standard InChI is InChI=1S/C21H21N3O3/c1-14(27-21(26)15-7-4-8-16(13-15)24(2)3)20(25)23-19-11-5-10-18-17(19)9-6-12-22-18/h4-14H,1-3H3,(H,23,25). The van der Waals surface area contributed by atoms with Gasteiger partial charge < -0.3 is 15.0 Å². The fraction of sp³-hybridized carbons (Fsp3) is 0.190. The van der Waals surface area contributed by atoms with Crippen molar-refractivity contribution in [2.75, 3.05) is 24.3 Å². The quantitative estimate of drug-likeness (QED) is 0.703. The van der Waals surface area contributed by atoms with Crippen LogP contribution >= 0.6 is 0 Å². The highest BCUT2D eigenvalue weighted by Gasteiger charge is 2.20. The van der Waals surface area contributed by atoms with Gasteiger partial charge in [0.15, 0.2) is 6.10 Å². The summed E-state index contributed by atoms with van der Waals surface area (Å²) in [6.45, 7) is 1.55. The molecule has 1 atom stereocenters. The van der Waals surface area contributed by atoms with Gasteiger partial charge in [-0.3, -0.25) is 9.78 Å². The summed E-state index contributed by atoms with van der Waals surface area (Å²) in [6, 6.07) is 16.2. The molecule has 0 spiro atoms. The van der Waals surface area contributed by atoms with Gasteiger partial charge in [-0.05, 0) is 49.4 Å². The molecule has 0 saturated heterocycles. The number of esters is 1. The number of aromatic nitrogens is 1. The molecule has 6 nitrogen and oxygen atoms in total. The lowest BCUT2D eigenvalue weighted by Gasteiger charge is -2.16. The van der Waals surface area contributed by atoms with E-state index in [-0.39, 0.29) is 0 Å². The van der Waals surface area contributed by atoms with Crippen molar-refractivity contribution in [3.8, 4) is 0 Å². The molecule has 0 saturated carbocycles. The Morgan fingerprint density at radius 2 is 1.85 bits per heavy atom. The summed E-state index contributed by atoms with van der Waals surface area (Å²) in [6.07, 6.45) is 0.757. The van der Waals surface area contributed by atoms with Crippen molar-refractivity contribution in [2.45, 2.75) is 13.0 Å². The normalized spacial score (nSPS) is 11.7. The van der Waals surface area contributed by atoms with E-state index < -0.39 is 18.0 Å². The lowest BCUT2D eigenvalue weighted by Crippen LogP contribution is -2.30. The molecule has 1 aromatic heterocycles. The molecule has 0 radical (unpaired) electrons. The molecule has 27 heavy (non-hydrogen) atoms. The van der Waals surface area contributed by atoms with Crippen LogP contribution in [0.2, 0.25) is 0 Å². The molecule has 0 aliphatic rings. The Morgan fingerprint density at radius 3 is 2.63 bits per heavy atom. The molecule has 0 fully saturated rings. The number of benzene rings is 2. The Morgan fingerprint density at radius 1 is 1.07 bits per heavy atom. The second kappa shape index (κ2) is 7.86. The summed E-state index contributed by atoms with van der Waals surface area (Å²) in [5, 5.41) is 3.63. The van der Waals surface area contributed by atoms with Gasteiger partial charge in [0.05, 0.1) is 16.8 Å². The molecule has 0 bridgehead atoms. The zero-order valence-electron chi connectivity index (χ0n) is 15.5. The number of rotatable bonds is 5. The van der Waals surface area contributed by atoms with Gasteiger partial charge >= 0.3 is 5.97 Å². The van der Waals surface area contributed by atoms with E-state index in [4.69, 9.17) is 4.74 Å². The fourth-order valence-corrected chi connectivity index (χ4v) is 2.64. The number of hydrogen-bond acceptors (Lipinski definition) is 5. The molecule has 1 amide bonds. The summed E-state index contributed by atoms with van der Waals surface area (Å²) in [4.78, 5) is 31.0. The molecule has 1 N–H and O–H groups in total. The van der Waals surface area contributed by atoms with Gasteiger partial charge in [-0.25, -0.2) is 4.79 Å². The third kappa shape index (κ3) is 4.23. The average molecular weight is 363 g/mol. The monoisotopic (exact) mass is 363 g/mol. The first-order valence-electron chi connectivity index (χ1n) is 8.58. The highest BCUT2D eigenvalue weighted by molar-refractivity contribution is 6.03. The second-order valence-corrected chi connectivity index (χ2v) is 6.36. The maximum absolute atomic E-state index is 12.5. The smallest absolute Gasteiger partial charge is 0.338 e. The Labute approximate surface area is 157 Å². The molecule has 0 aliphatic carbocycles. The van der Waals surface area contributed by atoms with Gasteiger partial charge in [0.1, 0.15) is 0 Å². The van der Waals surface area contributed by atoms with Gasteiger partial charge in [-0.15, -0.1) is 0 Å². The molecule has 6 heteroatoms. The number of anilines is 2. The van der Waals surface area contributed by atoms with Crippen molar-refractivity contribution >= 4 is 34.2 Å². The molecule has 3 aromatic rings. The predicted octanol–water partition coefficient (Wildman–Crippen LogP) is 3.48. The van der Waals surface area contributed by atoms with Gasteiger partial charge in [-0.2, -0.15) is 0 Å². The van der Waals surface area contributed by atoms with Crippen LogP contribution in [0.4, 0.5) is 11.4 Å². The van der Waals surface area contributed by atoms with Gasteiger partial charge in [0, 0.05) is 31.4 Å². The van der Waals surface area contributed by atoms with Crippen LogP contribution in [0.1, 0.15) is 17.3 Å². The number of nitrogens with one attached hydrogen (secondary N) is 1. The Balaban J connectivity index is 1.70. The summed E-state index contributed by atoms with van der Waals surface area (Å²) in [7, 11) is 3.78. The zero-order chi connectivity index (χ0) is 19.4. The first-order chi connectivity index (χ1) is 13.0. The van der Waals surface area contributed by atoms with Crippen LogP contribution in [0.3, 0.4) is 0 Å². The number of fused-ring (bicyclic) bond motifs is 1. The van der Waals surface area contributed by atoms with Gasteiger partial charge in [0.25, 0.3) is 5.91 Å². The van der Waals surface area contributed by atoms with Crippen LogP contribution in [-0.2, 0) is 9.53 Å². The Bertz CT molecular complexity index is 980. The largest absolute Gasteiger partial charge is 0.449 e. The third-order valence-corrected chi connectivity index (χ3v) is 4.15. The van der Waals surface area contributed by atoms with E-state index in [1.54, 1.807) is 43.5 Å². The summed E-state index contributed by atoms with van der Waals surface area (Å²) in [5.74, 6) is -0.940. The first-order valence-corrected chi connectivity index (χ1v) is 8.58. The maximum Gasteiger partial charge on any atom is 0.338 e. The van der Waals surface area contributed by atoms with E-state index in [2.05, 4.69) is 10.3 Å². The molecule has 138 valence electrons. The molecular weight excluding hydrogens is 342 g/mol. The lowest BCUT2D eigenvalue weighted by atomic mass is 10.1. The fourth-order valence-electron chi connectivity index (χ4n) is 2.64. The molecule has 1 heterocycles. The van der Waals surface area contributed by atoms with Crippen LogP contribution < -0.4 is 10.2 Å². The van der Waals surface area contributed by atoms with Crippen molar-refractivity contribution in [3.05, 3.63) is 66.4 Å². The summed E-state index contributed by atoms with van der Waals surface area (Å²) < 4.78 is 5.33. The van der Waals surface area contributed by atoms with Crippen molar-refractivity contribution in [1.29, 1.82) is 0 Å². The van der Waals surface area contributed by atoms with Crippen molar-refractivity contribution in [2.24, 2.45) is 0 Å². The topological polar surface area (TPSA) is 71.5 Å². The van der Waals surface area contributed by atoms with Crippen LogP contribution in [0.15, 0.2) is 60.8 Å². The lowest BCUT2D eigenvalue weighted by molar-refractivity contribution is -0.123. The number of carbonyl (C=O) groups is 2. The van der Waals surface area contributed by atoms with E-state index in [1.165, 1.54) is 0 Å². The predicted molar refractivity (Wildman–Crippen MR) is 106 cm³/mol. The van der Waals surface area contributed by atoms with Gasteiger partial charge in [0.2, 0.25) is 0 Å². The number of ether oxygens (including phenoxy) is 1. The van der Waals surface area contributed by atoms with E-state index in [0.717, 1.165) is 16.6 Å². The van der Waals surface area contributed by atoms with Crippen molar-refractivity contribution in [1.82, 2.24) is 4.98 Å². The Kier molecular flexibility index (Phi) is 5.35. The number of carbonyl (C=O) groups excluding carboxylic acids is 2. The first kappa shape index (κ1) is 18.4. The number of pyridine rings is 1. The summed E-state index contributed by atoms with van der Waals surface area (Å²) >= 11 is 0. The number of hydrogen-bond donors (Lipinski definition) is 1. The van der Waals surface area contributed by atoms with E-state index in [0.29, 0.717) is 11.3 Å². The van der Waals surface area contributed by atoms with Gasteiger partial charge in [-0.1, -0.05) is 12.1 Å². The van der Waals surface area contributed by atoms with Crippen LogP contribution in [-0.4, -0.2) is 37.1 Å². The number of amides is 1. The van der Waals surface area contributed by atoms with E-state index in [9.17, 15) is 9.59 Å². The van der Waals surface area contributed by atoms with E-state index in [1.807, 2.05) is 43.3 Å². The highest BCUT2D eigenvalue weighted by Crippen LogP contribution is 2.22. The maximum atomic E-state index is 12.5. The third-order valence-electron chi connectivity index (χ3n) is 4.15. The zero-order valence-corrected chi connectivity index (χ0v) is 15.5. The minimum absolute atomic E-state index is 0.398. The van der Waals surface area contributed by atoms with Crippen molar-refractivity contribution < 1.29 is 14.3 Å². The molecular formula is C21H21N3O3. The van der Waals surface area contributed by atoms with E-state index >= 15 is 0 Å². The summed E-state index contributed by atoms with van der Waals surface area (Å²) in [5.41, 5.74) is 2.68. The van der Waals surface area contributed by atoms with Crippen LogP contribution in [0, 0.1) is 0 Å². The molecule has 2 aromatic carbocycles. The Hall–Kier alpha value is -3.41. The molecule has 0 aliphatic heterocycles.